The van der Waals surface area contributed by atoms with Crippen LogP contribution in [0, 0.1) is 5.92 Å². The Hall–Kier alpha value is -0.790. The molecule has 0 bridgehead atoms. The topological polar surface area (TPSA) is 37.3 Å². The number of hydrogen-bond donors (Lipinski definition) is 1. The van der Waals surface area contributed by atoms with Crippen molar-refractivity contribution in [1.29, 1.82) is 0 Å². The third-order valence-corrected chi connectivity index (χ3v) is 2.13. The van der Waals surface area contributed by atoms with Gasteiger partial charge in [0.2, 0.25) is 0 Å². The molecule has 2 nitrogen and oxygen atoms in total. The Labute approximate surface area is 80.7 Å². The van der Waals surface area contributed by atoms with Crippen molar-refractivity contribution in [3.63, 3.8) is 0 Å². The Bertz CT molecular complexity index is 152. The lowest BCUT2D eigenvalue weighted by Crippen LogP contribution is -2.03. The Kier molecular flexibility index (Phi) is 7.36. The first-order chi connectivity index (χ1) is 6.16. The van der Waals surface area contributed by atoms with E-state index in [9.17, 15) is 4.79 Å². The van der Waals surface area contributed by atoms with Crippen LogP contribution >= 0.6 is 0 Å². The van der Waals surface area contributed by atoms with Gasteiger partial charge in [-0.3, -0.25) is 4.79 Å². The summed E-state index contributed by atoms with van der Waals surface area (Å²) in [7, 11) is 0. The van der Waals surface area contributed by atoms with Crippen LogP contribution in [0.15, 0.2) is 12.7 Å². The molecule has 0 aliphatic rings. The average molecular weight is 184 g/mol. The van der Waals surface area contributed by atoms with E-state index in [0.717, 1.165) is 19.3 Å². The fraction of sp³-hybridized carbons (Fsp3) is 0.727. The Morgan fingerprint density at radius 1 is 1.46 bits per heavy atom. The minimum Gasteiger partial charge on any atom is -0.481 e. The van der Waals surface area contributed by atoms with E-state index in [1.54, 1.807) is 0 Å². The minimum atomic E-state index is -0.682. The van der Waals surface area contributed by atoms with E-state index in [2.05, 4.69) is 6.58 Å². The van der Waals surface area contributed by atoms with Crippen LogP contribution in [0.2, 0.25) is 0 Å². The molecule has 0 saturated heterocycles. The number of carboxylic acids is 1. The van der Waals surface area contributed by atoms with Gasteiger partial charge in [-0.15, -0.1) is 6.58 Å². The molecule has 0 aromatic heterocycles. The van der Waals surface area contributed by atoms with Crippen LogP contribution in [-0.4, -0.2) is 11.1 Å². The molecule has 0 radical (unpaired) electrons. The number of aliphatic carboxylic acids is 1. The van der Waals surface area contributed by atoms with Crippen molar-refractivity contribution in [3.05, 3.63) is 12.7 Å². The maximum atomic E-state index is 10.3. The third kappa shape index (κ3) is 9.12. The van der Waals surface area contributed by atoms with Gasteiger partial charge in [-0.25, -0.2) is 0 Å². The summed E-state index contributed by atoms with van der Waals surface area (Å²) in [5, 5.41) is 8.51. The molecule has 2 heteroatoms. The summed E-state index contributed by atoms with van der Waals surface area (Å²) in [6.07, 6.45) is 7.86. The molecule has 76 valence electrons. The molecule has 0 saturated carbocycles. The third-order valence-electron chi connectivity index (χ3n) is 2.13. The van der Waals surface area contributed by atoms with E-state index in [1.165, 1.54) is 12.8 Å². The Balaban J connectivity index is 3.21. The molecule has 1 unspecified atom stereocenters. The van der Waals surface area contributed by atoms with E-state index in [-0.39, 0.29) is 0 Å². The smallest absolute Gasteiger partial charge is 0.303 e. The summed E-state index contributed by atoms with van der Waals surface area (Å²) >= 11 is 0. The van der Waals surface area contributed by atoms with Gasteiger partial charge in [0.1, 0.15) is 0 Å². The zero-order valence-corrected chi connectivity index (χ0v) is 8.46. The van der Waals surface area contributed by atoms with Crippen molar-refractivity contribution in [2.45, 2.75) is 45.4 Å². The number of carboxylic acid groups (broad SMARTS) is 1. The SMILES string of the molecule is C=CCCCCCC(C)CC(=O)O. The second-order valence-electron chi connectivity index (χ2n) is 3.63. The molecule has 0 aliphatic heterocycles. The molecule has 13 heavy (non-hydrogen) atoms. The van der Waals surface area contributed by atoms with Gasteiger partial charge in [-0.1, -0.05) is 32.3 Å². The maximum absolute atomic E-state index is 10.3. The van der Waals surface area contributed by atoms with Gasteiger partial charge < -0.3 is 5.11 Å². The molecule has 0 fully saturated rings. The van der Waals surface area contributed by atoms with Crippen LogP contribution in [0.1, 0.15) is 45.4 Å². The lowest BCUT2D eigenvalue weighted by molar-refractivity contribution is -0.138. The molecule has 0 aliphatic carbocycles. The fourth-order valence-corrected chi connectivity index (χ4v) is 1.36. The van der Waals surface area contributed by atoms with Crippen molar-refractivity contribution in [2.75, 3.05) is 0 Å². The zero-order valence-electron chi connectivity index (χ0n) is 8.46. The predicted molar refractivity (Wildman–Crippen MR) is 54.7 cm³/mol. The first-order valence-corrected chi connectivity index (χ1v) is 4.99. The van der Waals surface area contributed by atoms with Crippen LogP contribution in [0.5, 0.6) is 0 Å². The van der Waals surface area contributed by atoms with Gasteiger partial charge in [0.15, 0.2) is 0 Å². The van der Waals surface area contributed by atoms with E-state index < -0.39 is 5.97 Å². The van der Waals surface area contributed by atoms with Crippen molar-refractivity contribution in [1.82, 2.24) is 0 Å². The highest BCUT2D eigenvalue weighted by Crippen LogP contribution is 2.13. The predicted octanol–water partition coefficient (Wildman–Crippen LogP) is 3.23. The van der Waals surface area contributed by atoms with Gasteiger partial charge in [0.25, 0.3) is 0 Å². The van der Waals surface area contributed by atoms with Gasteiger partial charge in [-0.2, -0.15) is 0 Å². The summed E-state index contributed by atoms with van der Waals surface area (Å²) in [6.45, 7) is 5.66. The normalized spacial score (nSPS) is 12.4. The van der Waals surface area contributed by atoms with Crippen molar-refractivity contribution in [3.8, 4) is 0 Å². The Morgan fingerprint density at radius 3 is 2.69 bits per heavy atom. The highest BCUT2D eigenvalue weighted by atomic mass is 16.4. The highest BCUT2D eigenvalue weighted by molar-refractivity contribution is 5.66. The fourth-order valence-electron chi connectivity index (χ4n) is 1.36. The average Bonchev–Trinajstić information content (AvgIpc) is 2.02. The largest absolute Gasteiger partial charge is 0.481 e. The summed E-state index contributed by atoms with van der Waals surface area (Å²) in [6, 6.07) is 0. The first kappa shape index (κ1) is 12.2. The second-order valence-corrected chi connectivity index (χ2v) is 3.63. The molecule has 0 heterocycles. The van der Waals surface area contributed by atoms with Gasteiger partial charge in [0, 0.05) is 6.42 Å². The number of rotatable bonds is 8. The summed E-state index contributed by atoms with van der Waals surface area (Å²) in [5.74, 6) is -0.361. The van der Waals surface area contributed by atoms with E-state index in [0.29, 0.717) is 12.3 Å². The van der Waals surface area contributed by atoms with Crippen LogP contribution in [0.3, 0.4) is 0 Å². The van der Waals surface area contributed by atoms with Gasteiger partial charge in [-0.05, 0) is 18.8 Å². The monoisotopic (exact) mass is 184 g/mol. The van der Waals surface area contributed by atoms with E-state index >= 15 is 0 Å². The molecule has 0 spiro atoms. The lowest BCUT2D eigenvalue weighted by Gasteiger charge is -2.07. The zero-order chi connectivity index (χ0) is 10.1. The van der Waals surface area contributed by atoms with E-state index in [1.807, 2.05) is 13.0 Å². The van der Waals surface area contributed by atoms with Gasteiger partial charge >= 0.3 is 5.97 Å². The van der Waals surface area contributed by atoms with Gasteiger partial charge in [0.05, 0.1) is 0 Å². The lowest BCUT2D eigenvalue weighted by atomic mass is 9.99. The molecule has 0 amide bonds. The standard InChI is InChI=1S/C11H20O2/c1-3-4-5-6-7-8-10(2)9-11(12)13/h3,10H,1,4-9H2,2H3,(H,12,13). The van der Waals surface area contributed by atoms with Crippen molar-refractivity contribution < 1.29 is 9.90 Å². The highest BCUT2D eigenvalue weighted by Gasteiger charge is 2.06. The van der Waals surface area contributed by atoms with Crippen LogP contribution in [-0.2, 0) is 4.79 Å². The number of hydrogen-bond acceptors (Lipinski definition) is 1. The number of unbranched alkanes of at least 4 members (excludes halogenated alkanes) is 3. The minimum absolute atomic E-state index is 0.307. The first-order valence-electron chi connectivity index (χ1n) is 4.99. The number of carbonyl (C=O) groups is 1. The molecule has 0 rings (SSSR count). The summed E-state index contributed by atoms with van der Waals surface area (Å²) < 4.78 is 0. The van der Waals surface area contributed by atoms with Crippen molar-refractivity contribution >= 4 is 5.97 Å². The molecular formula is C11H20O2. The second kappa shape index (κ2) is 7.84. The van der Waals surface area contributed by atoms with Crippen molar-refractivity contribution in [2.24, 2.45) is 5.92 Å². The number of allylic oxidation sites excluding steroid dienone is 1. The van der Waals surface area contributed by atoms with Crippen LogP contribution in [0.25, 0.3) is 0 Å². The van der Waals surface area contributed by atoms with E-state index in [4.69, 9.17) is 5.11 Å². The molecule has 1 atom stereocenters. The molecule has 1 N–H and O–H groups in total. The summed E-state index contributed by atoms with van der Waals surface area (Å²) in [5.41, 5.74) is 0. The molecule has 0 aromatic rings. The quantitative estimate of drug-likeness (QED) is 0.464. The Morgan fingerprint density at radius 2 is 2.15 bits per heavy atom. The molecular weight excluding hydrogens is 164 g/mol. The van der Waals surface area contributed by atoms with Crippen LogP contribution in [0.4, 0.5) is 0 Å². The molecule has 0 aromatic carbocycles. The van der Waals surface area contributed by atoms with Crippen LogP contribution < -0.4 is 0 Å². The maximum Gasteiger partial charge on any atom is 0.303 e. The summed E-state index contributed by atoms with van der Waals surface area (Å²) in [4.78, 5) is 10.3.